The van der Waals surface area contributed by atoms with E-state index in [1.54, 1.807) is 11.2 Å². The summed E-state index contributed by atoms with van der Waals surface area (Å²) in [5, 5.41) is 11.8. The van der Waals surface area contributed by atoms with Crippen LogP contribution in [0, 0.1) is 0 Å². The maximum atomic E-state index is 11.9. The second-order valence-corrected chi connectivity index (χ2v) is 8.35. The van der Waals surface area contributed by atoms with Crippen LogP contribution in [-0.4, -0.2) is 54.9 Å². The van der Waals surface area contributed by atoms with Crippen molar-refractivity contribution in [3.05, 3.63) is 11.8 Å². The molecule has 2 fully saturated rings. The van der Waals surface area contributed by atoms with Crippen LogP contribution in [0.3, 0.4) is 0 Å². The molecule has 8 heteroatoms. The third-order valence-electron chi connectivity index (χ3n) is 4.66. The van der Waals surface area contributed by atoms with Gasteiger partial charge < -0.3 is 9.73 Å². The zero-order chi connectivity index (χ0) is 15.6. The van der Waals surface area contributed by atoms with E-state index in [9.17, 15) is 8.42 Å². The summed E-state index contributed by atoms with van der Waals surface area (Å²) in [5.41, 5.74) is 0. The number of hydrogen-bond acceptors (Lipinski definition) is 6. The Kier molecular flexibility index (Phi) is 4.79. The molecule has 124 valence electrons. The fourth-order valence-corrected chi connectivity index (χ4v) is 4.33. The summed E-state index contributed by atoms with van der Waals surface area (Å²) >= 11 is 0. The lowest BCUT2D eigenvalue weighted by molar-refractivity contribution is 0.280. The fraction of sp³-hybridized carbons (Fsp3) is 0.857. The molecule has 0 bridgehead atoms. The minimum Gasteiger partial charge on any atom is -0.425 e. The first-order chi connectivity index (χ1) is 10.6. The van der Waals surface area contributed by atoms with E-state index in [4.69, 9.17) is 4.42 Å². The van der Waals surface area contributed by atoms with E-state index in [2.05, 4.69) is 15.5 Å². The molecule has 0 radical (unpaired) electrons. The molecule has 22 heavy (non-hydrogen) atoms. The lowest BCUT2D eigenvalue weighted by atomic mass is 9.98. The average Bonchev–Trinajstić information content (AvgIpc) is 3.06. The van der Waals surface area contributed by atoms with Gasteiger partial charge in [0.05, 0.1) is 5.75 Å². The van der Waals surface area contributed by atoms with Crippen molar-refractivity contribution in [2.75, 3.05) is 31.9 Å². The quantitative estimate of drug-likeness (QED) is 0.889. The molecule has 3 heterocycles. The molecule has 1 aromatic rings. The molecule has 1 aromatic heterocycles. The van der Waals surface area contributed by atoms with Gasteiger partial charge in [-0.1, -0.05) is 0 Å². The number of hydrogen-bond donors (Lipinski definition) is 1. The number of piperidine rings is 2. The summed E-state index contributed by atoms with van der Waals surface area (Å²) in [6.45, 7) is 4.73. The SMILES string of the molecule is CCS(=O)(=O)N1CCC(c2nnc(C3CCCNC3)o2)CC1. The van der Waals surface area contributed by atoms with Gasteiger partial charge in [-0.25, -0.2) is 12.7 Å². The molecular weight excluding hydrogens is 304 g/mol. The van der Waals surface area contributed by atoms with Crippen molar-refractivity contribution < 1.29 is 12.8 Å². The van der Waals surface area contributed by atoms with E-state index < -0.39 is 10.0 Å². The molecular formula is C14H24N4O3S. The Morgan fingerprint density at radius 1 is 1.18 bits per heavy atom. The van der Waals surface area contributed by atoms with Crippen LogP contribution >= 0.6 is 0 Å². The third-order valence-corrected chi connectivity index (χ3v) is 6.55. The minimum absolute atomic E-state index is 0.164. The maximum Gasteiger partial charge on any atom is 0.220 e. The molecule has 0 saturated carbocycles. The number of nitrogens with zero attached hydrogens (tertiary/aromatic N) is 3. The van der Waals surface area contributed by atoms with Crippen LogP contribution in [0.4, 0.5) is 0 Å². The Balaban J connectivity index is 1.61. The van der Waals surface area contributed by atoms with Crippen LogP contribution in [0.15, 0.2) is 4.42 Å². The highest BCUT2D eigenvalue weighted by molar-refractivity contribution is 7.89. The molecule has 1 N–H and O–H groups in total. The summed E-state index contributed by atoms with van der Waals surface area (Å²) in [6, 6.07) is 0. The Hall–Kier alpha value is -0.990. The first-order valence-electron chi connectivity index (χ1n) is 8.12. The van der Waals surface area contributed by atoms with Crippen LogP contribution in [-0.2, 0) is 10.0 Å². The largest absolute Gasteiger partial charge is 0.425 e. The van der Waals surface area contributed by atoms with Gasteiger partial charge in [-0.15, -0.1) is 10.2 Å². The summed E-state index contributed by atoms with van der Waals surface area (Å²) in [5.74, 6) is 2.06. The summed E-state index contributed by atoms with van der Waals surface area (Å²) < 4.78 is 31.2. The van der Waals surface area contributed by atoms with Gasteiger partial charge in [-0.2, -0.15) is 0 Å². The molecule has 0 aliphatic carbocycles. The van der Waals surface area contributed by atoms with Gasteiger partial charge in [0.1, 0.15) is 0 Å². The smallest absolute Gasteiger partial charge is 0.220 e. The monoisotopic (exact) mass is 328 g/mol. The first-order valence-corrected chi connectivity index (χ1v) is 9.73. The average molecular weight is 328 g/mol. The van der Waals surface area contributed by atoms with Gasteiger partial charge in [0.15, 0.2) is 0 Å². The Morgan fingerprint density at radius 2 is 1.86 bits per heavy atom. The minimum atomic E-state index is -3.08. The highest BCUT2D eigenvalue weighted by Gasteiger charge is 2.31. The Morgan fingerprint density at radius 3 is 2.45 bits per heavy atom. The summed E-state index contributed by atoms with van der Waals surface area (Å²) in [7, 11) is -3.08. The molecule has 3 rings (SSSR count). The molecule has 1 unspecified atom stereocenters. The standard InChI is InChI=1S/C14H24N4O3S/c1-2-22(19,20)18-8-5-11(6-9-18)13-16-17-14(21-13)12-4-3-7-15-10-12/h11-12,15H,2-10H2,1H3. The van der Waals surface area contributed by atoms with Crippen molar-refractivity contribution in [3.8, 4) is 0 Å². The van der Waals surface area contributed by atoms with Crippen molar-refractivity contribution in [1.29, 1.82) is 0 Å². The lowest BCUT2D eigenvalue weighted by Gasteiger charge is -2.29. The summed E-state index contributed by atoms with van der Waals surface area (Å²) in [4.78, 5) is 0. The molecule has 2 aliphatic rings. The second kappa shape index (κ2) is 6.64. The maximum absolute atomic E-state index is 11.9. The van der Waals surface area contributed by atoms with Gasteiger partial charge in [-0.05, 0) is 39.2 Å². The zero-order valence-electron chi connectivity index (χ0n) is 13.0. The van der Waals surface area contributed by atoms with Gasteiger partial charge in [0.2, 0.25) is 21.8 Å². The highest BCUT2D eigenvalue weighted by Crippen LogP contribution is 2.30. The number of sulfonamides is 1. The Bertz CT molecular complexity index is 587. The molecule has 0 spiro atoms. The number of nitrogens with one attached hydrogen (secondary N) is 1. The topological polar surface area (TPSA) is 88.3 Å². The first kappa shape index (κ1) is 15.9. The normalized spacial score (nSPS) is 25.4. The second-order valence-electron chi connectivity index (χ2n) is 6.10. The van der Waals surface area contributed by atoms with E-state index in [1.807, 2.05) is 0 Å². The number of aromatic nitrogens is 2. The van der Waals surface area contributed by atoms with Crippen molar-refractivity contribution in [2.24, 2.45) is 0 Å². The predicted octanol–water partition coefficient (Wildman–Crippen LogP) is 1.07. The van der Waals surface area contributed by atoms with Gasteiger partial charge in [-0.3, -0.25) is 0 Å². The Labute approximate surface area is 131 Å². The molecule has 2 aliphatic heterocycles. The zero-order valence-corrected chi connectivity index (χ0v) is 13.8. The van der Waals surface area contributed by atoms with Crippen molar-refractivity contribution in [1.82, 2.24) is 19.8 Å². The predicted molar refractivity (Wildman–Crippen MR) is 82.2 cm³/mol. The molecule has 0 amide bonds. The highest BCUT2D eigenvalue weighted by atomic mass is 32.2. The third kappa shape index (κ3) is 3.33. The van der Waals surface area contributed by atoms with Crippen molar-refractivity contribution in [3.63, 3.8) is 0 Å². The van der Waals surface area contributed by atoms with E-state index >= 15 is 0 Å². The fourth-order valence-electron chi connectivity index (χ4n) is 3.20. The van der Waals surface area contributed by atoms with Gasteiger partial charge >= 0.3 is 0 Å². The molecule has 2 saturated heterocycles. The van der Waals surface area contributed by atoms with Crippen LogP contribution in [0.25, 0.3) is 0 Å². The van der Waals surface area contributed by atoms with Crippen LogP contribution in [0.1, 0.15) is 56.2 Å². The number of rotatable bonds is 4. The summed E-state index contributed by atoms with van der Waals surface area (Å²) in [6.07, 6.45) is 3.73. The molecule has 7 nitrogen and oxygen atoms in total. The van der Waals surface area contributed by atoms with E-state index in [0.717, 1.165) is 44.7 Å². The van der Waals surface area contributed by atoms with Gasteiger partial charge in [0.25, 0.3) is 0 Å². The van der Waals surface area contributed by atoms with E-state index in [1.165, 1.54) is 0 Å². The lowest BCUT2D eigenvalue weighted by Crippen LogP contribution is -2.38. The van der Waals surface area contributed by atoms with Crippen molar-refractivity contribution in [2.45, 2.75) is 44.4 Å². The molecule has 0 aromatic carbocycles. The van der Waals surface area contributed by atoms with Gasteiger partial charge in [0, 0.05) is 31.5 Å². The van der Waals surface area contributed by atoms with Crippen LogP contribution in [0.2, 0.25) is 0 Å². The van der Waals surface area contributed by atoms with Crippen molar-refractivity contribution >= 4 is 10.0 Å². The van der Waals surface area contributed by atoms with E-state index in [0.29, 0.717) is 24.9 Å². The molecule has 1 atom stereocenters. The van der Waals surface area contributed by atoms with Crippen LogP contribution in [0.5, 0.6) is 0 Å². The van der Waals surface area contributed by atoms with E-state index in [-0.39, 0.29) is 11.7 Å². The van der Waals surface area contributed by atoms with Crippen LogP contribution < -0.4 is 5.32 Å².